The van der Waals surface area contributed by atoms with Crippen LogP contribution in [0.1, 0.15) is 0 Å². The first-order valence-electron chi connectivity index (χ1n) is 4.87. The van der Waals surface area contributed by atoms with E-state index in [-0.39, 0.29) is 0 Å². The average Bonchev–Trinajstić information content (AvgIpc) is 2.29. The van der Waals surface area contributed by atoms with E-state index in [0.717, 1.165) is 16.4 Å². The number of fused-ring (bicyclic) bond motifs is 3. The second-order valence-corrected chi connectivity index (χ2v) is 8.01. The van der Waals surface area contributed by atoms with Gasteiger partial charge in [0.2, 0.25) is 0 Å². The summed E-state index contributed by atoms with van der Waals surface area (Å²) in [6.45, 7) is 0. The van der Waals surface area contributed by atoms with Gasteiger partial charge < -0.3 is 4.52 Å². The quantitative estimate of drug-likeness (QED) is 0.688. The van der Waals surface area contributed by atoms with Crippen molar-refractivity contribution >= 4 is 26.9 Å². The van der Waals surface area contributed by atoms with Gasteiger partial charge >= 0.3 is 6.07 Å². The van der Waals surface area contributed by atoms with Crippen molar-refractivity contribution in [2.45, 2.75) is 0 Å². The van der Waals surface area contributed by atoms with Crippen molar-refractivity contribution in [3.8, 4) is 16.9 Å². The van der Waals surface area contributed by atoms with Crippen molar-refractivity contribution in [1.82, 2.24) is 0 Å². The topological polar surface area (TPSA) is 26.3 Å². The van der Waals surface area contributed by atoms with E-state index in [2.05, 4.69) is 15.5 Å². The van der Waals surface area contributed by atoms with E-state index >= 15 is 0 Å². The molecule has 4 heteroatoms. The molecule has 1 atom stereocenters. The molecule has 3 rings (SSSR count). The molecule has 80 valence electrons. The summed E-state index contributed by atoms with van der Waals surface area (Å²) in [5, 5.41) is 0.730. The minimum Gasteiger partial charge on any atom is -0.432 e. The van der Waals surface area contributed by atoms with Gasteiger partial charge in [0.1, 0.15) is 5.75 Å². The highest BCUT2D eigenvalue weighted by atomic mass is 79.9. The summed E-state index contributed by atoms with van der Waals surface area (Å²) >= 11 is 3.19. The van der Waals surface area contributed by atoms with E-state index in [9.17, 15) is 4.57 Å². The van der Waals surface area contributed by atoms with E-state index in [1.165, 1.54) is 0 Å². The van der Waals surface area contributed by atoms with Crippen LogP contribution < -0.4 is 9.83 Å². The molecular formula is C12H8BrO2P. The maximum absolute atomic E-state index is 12.3. The third kappa shape index (κ3) is 1.43. The van der Waals surface area contributed by atoms with Gasteiger partial charge in [0.15, 0.2) is 0 Å². The normalized spacial score (nSPS) is 21.8. The van der Waals surface area contributed by atoms with Gasteiger partial charge in [-0.3, -0.25) is 4.57 Å². The van der Waals surface area contributed by atoms with Gasteiger partial charge in [0.25, 0.3) is 0 Å². The molecule has 1 aliphatic heterocycles. The number of hydrogen-bond donors (Lipinski definition) is 0. The number of rotatable bonds is 0. The van der Waals surface area contributed by atoms with Crippen LogP contribution >= 0.6 is 21.6 Å². The van der Waals surface area contributed by atoms with Crippen LogP contribution in [0.15, 0.2) is 48.5 Å². The van der Waals surface area contributed by atoms with Gasteiger partial charge in [-0.1, -0.05) is 36.4 Å². The molecule has 0 radical (unpaired) electrons. The van der Waals surface area contributed by atoms with Gasteiger partial charge in [-0.05, 0) is 12.1 Å². The summed E-state index contributed by atoms with van der Waals surface area (Å²) in [5.74, 6) is 0.668. The van der Waals surface area contributed by atoms with Crippen LogP contribution in [0.5, 0.6) is 5.75 Å². The lowest BCUT2D eigenvalue weighted by Gasteiger charge is -2.24. The minimum atomic E-state index is -2.90. The third-order valence-electron chi connectivity index (χ3n) is 2.58. The number of halogens is 1. The molecule has 1 unspecified atom stereocenters. The van der Waals surface area contributed by atoms with Crippen molar-refractivity contribution in [1.29, 1.82) is 0 Å². The fraction of sp³-hybridized carbons (Fsp3) is 0. The summed E-state index contributed by atoms with van der Waals surface area (Å²) in [6, 6.07) is 15.2. The summed E-state index contributed by atoms with van der Waals surface area (Å²) in [6.07, 6.45) is -2.90. The Balaban J connectivity index is 2.38. The summed E-state index contributed by atoms with van der Waals surface area (Å²) in [4.78, 5) is 0. The van der Waals surface area contributed by atoms with Gasteiger partial charge in [0, 0.05) is 26.6 Å². The fourth-order valence-electron chi connectivity index (χ4n) is 1.88. The zero-order chi connectivity index (χ0) is 11.2. The fourth-order valence-corrected chi connectivity index (χ4v) is 4.53. The molecule has 1 heterocycles. The zero-order valence-corrected chi connectivity index (χ0v) is 10.7. The summed E-state index contributed by atoms with van der Waals surface area (Å²) in [5.41, 5.74) is 1.97. The Kier molecular flexibility index (Phi) is 2.20. The Hall–Kier alpha value is -1.05. The molecule has 2 aromatic rings. The van der Waals surface area contributed by atoms with E-state index < -0.39 is 6.07 Å². The van der Waals surface area contributed by atoms with Gasteiger partial charge in [0.05, 0.1) is 5.30 Å². The van der Waals surface area contributed by atoms with Crippen LogP contribution in [-0.4, -0.2) is 0 Å². The molecule has 1 aliphatic rings. The second-order valence-electron chi connectivity index (χ2n) is 3.58. The molecule has 0 aliphatic carbocycles. The van der Waals surface area contributed by atoms with Crippen LogP contribution in [-0.2, 0) is 4.57 Å². The lowest BCUT2D eigenvalue weighted by Crippen LogP contribution is -2.13. The van der Waals surface area contributed by atoms with Gasteiger partial charge in [-0.15, -0.1) is 0 Å². The highest BCUT2D eigenvalue weighted by molar-refractivity contribution is 9.40. The van der Waals surface area contributed by atoms with Crippen molar-refractivity contribution in [3.05, 3.63) is 48.5 Å². The standard InChI is InChI=1S/C12H8BrO2P/c13-16(14)12-8-4-2-6-10(12)9-5-1-3-7-11(9)15-16/h1-8H. The Morgan fingerprint density at radius 1 is 0.938 bits per heavy atom. The second kappa shape index (κ2) is 3.47. The molecule has 0 bridgehead atoms. The van der Waals surface area contributed by atoms with E-state index in [0.29, 0.717) is 5.75 Å². The predicted octanol–water partition coefficient (Wildman–Crippen LogP) is 3.96. The van der Waals surface area contributed by atoms with Crippen molar-refractivity contribution < 1.29 is 9.09 Å². The summed E-state index contributed by atoms with van der Waals surface area (Å²) in [7, 11) is 0. The molecule has 0 fully saturated rings. The van der Waals surface area contributed by atoms with Gasteiger partial charge in [-0.2, -0.15) is 0 Å². The van der Waals surface area contributed by atoms with Crippen molar-refractivity contribution in [2.75, 3.05) is 0 Å². The molecule has 0 aromatic heterocycles. The Morgan fingerprint density at radius 2 is 1.56 bits per heavy atom. The zero-order valence-electron chi connectivity index (χ0n) is 8.26. The molecule has 0 saturated heterocycles. The molecule has 16 heavy (non-hydrogen) atoms. The van der Waals surface area contributed by atoms with E-state index in [1.54, 1.807) is 0 Å². The predicted molar refractivity (Wildman–Crippen MR) is 68.7 cm³/mol. The van der Waals surface area contributed by atoms with Crippen LogP contribution in [0.25, 0.3) is 11.1 Å². The van der Waals surface area contributed by atoms with Crippen LogP contribution in [0.3, 0.4) is 0 Å². The maximum Gasteiger partial charge on any atom is 0.341 e. The van der Waals surface area contributed by atoms with E-state index in [4.69, 9.17) is 4.52 Å². The molecular weight excluding hydrogens is 287 g/mol. The first-order valence-corrected chi connectivity index (χ1v) is 8.51. The van der Waals surface area contributed by atoms with Crippen molar-refractivity contribution in [2.24, 2.45) is 0 Å². The maximum atomic E-state index is 12.3. The number of para-hydroxylation sites is 1. The largest absolute Gasteiger partial charge is 0.432 e. The Bertz CT molecular complexity index is 609. The monoisotopic (exact) mass is 294 g/mol. The van der Waals surface area contributed by atoms with Crippen LogP contribution in [0.4, 0.5) is 0 Å². The SMILES string of the molecule is O=P1(Br)Oc2ccccc2-c2ccccc21. The average molecular weight is 295 g/mol. The van der Waals surface area contributed by atoms with Crippen LogP contribution in [0.2, 0.25) is 0 Å². The lowest BCUT2D eigenvalue weighted by atomic mass is 10.0. The molecule has 0 saturated carbocycles. The number of benzene rings is 2. The van der Waals surface area contributed by atoms with E-state index in [1.807, 2.05) is 48.5 Å². The lowest BCUT2D eigenvalue weighted by molar-refractivity contribution is 0.509. The van der Waals surface area contributed by atoms with Crippen molar-refractivity contribution in [3.63, 3.8) is 0 Å². The first kappa shape index (κ1) is 10.1. The Labute approximate surface area is 101 Å². The van der Waals surface area contributed by atoms with Gasteiger partial charge in [-0.25, -0.2) is 0 Å². The molecule has 2 nitrogen and oxygen atoms in total. The molecule has 0 amide bonds. The highest BCUT2D eigenvalue weighted by Crippen LogP contribution is 2.59. The van der Waals surface area contributed by atoms with Crippen LogP contribution in [0, 0.1) is 0 Å². The molecule has 0 spiro atoms. The molecule has 2 aromatic carbocycles. The molecule has 0 N–H and O–H groups in total. The summed E-state index contributed by atoms with van der Waals surface area (Å²) < 4.78 is 17.8. The highest BCUT2D eigenvalue weighted by Gasteiger charge is 2.32. The Morgan fingerprint density at radius 3 is 2.38 bits per heavy atom. The smallest absolute Gasteiger partial charge is 0.341 e. The third-order valence-corrected chi connectivity index (χ3v) is 5.56. The minimum absolute atomic E-state index is 0.668. The number of hydrogen-bond acceptors (Lipinski definition) is 2. The first-order chi connectivity index (χ1) is 7.68.